The minimum atomic E-state index is -0.735. The maximum atomic E-state index is 10.2. The molecular formula is C8H13NO2. The Morgan fingerprint density at radius 2 is 2.36 bits per heavy atom. The molecule has 0 aromatic rings. The first-order valence-electron chi connectivity index (χ1n) is 3.55. The Kier molecular flexibility index (Phi) is 5.01. The van der Waals surface area contributed by atoms with E-state index in [0.717, 1.165) is 6.42 Å². The summed E-state index contributed by atoms with van der Waals surface area (Å²) in [6.07, 6.45) is 0.134. The van der Waals surface area contributed by atoms with E-state index in [1.54, 1.807) is 6.92 Å². The first kappa shape index (κ1) is 9.83. The molecule has 3 nitrogen and oxygen atoms in total. The Morgan fingerprint density at radius 1 is 1.73 bits per heavy atom. The third-order valence-electron chi connectivity index (χ3n) is 1.27. The SMILES string of the molecule is CC#CC(CC)COC(N)=O. The molecule has 0 saturated carbocycles. The van der Waals surface area contributed by atoms with Crippen LogP contribution in [0.3, 0.4) is 0 Å². The lowest BCUT2D eigenvalue weighted by molar-refractivity contribution is 0.145. The molecule has 0 aliphatic carbocycles. The first-order chi connectivity index (χ1) is 5.20. The molecular weight excluding hydrogens is 142 g/mol. The Bertz CT molecular complexity index is 178. The van der Waals surface area contributed by atoms with Crippen LogP contribution in [0.15, 0.2) is 0 Å². The summed E-state index contributed by atoms with van der Waals surface area (Å²) in [5.41, 5.74) is 4.78. The van der Waals surface area contributed by atoms with E-state index in [2.05, 4.69) is 16.6 Å². The topological polar surface area (TPSA) is 52.3 Å². The van der Waals surface area contributed by atoms with E-state index in [1.807, 2.05) is 6.92 Å². The summed E-state index contributed by atoms with van der Waals surface area (Å²) in [6.45, 7) is 4.04. The lowest BCUT2D eigenvalue weighted by atomic mass is 10.1. The van der Waals surface area contributed by atoms with E-state index >= 15 is 0 Å². The summed E-state index contributed by atoms with van der Waals surface area (Å²) in [5, 5.41) is 0. The highest BCUT2D eigenvalue weighted by atomic mass is 16.5. The summed E-state index contributed by atoms with van der Waals surface area (Å²) in [6, 6.07) is 0. The van der Waals surface area contributed by atoms with Crippen LogP contribution in [0, 0.1) is 17.8 Å². The molecule has 0 aliphatic rings. The number of carbonyl (C=O) groups excluding carboxylic acids is 1. The lowest BCUT2D eigenvalue weighted by Crippen LogP contribution is -2.17. The fourth-order valence-corrected chi connectivity index (χ4v) is 0.648. The maximum absolute atomic E-state index is 10.2. The second-order valence-electron chi connectivity index (χ2n) is 2.13. The van der Waals surface area contributed by atoms with Crippen molar-refractivity contribution in [2.24, 2.45) is 11.7 Å². The molecule has 0 aromatic heterocycles. The predicted molar refractivity (Wildman–Crippen MR) is 42.8 cm³/mol. The van der Waals surface area contributed by atoms with Gasteiger partial charge < -0.3 is 10.5 Å². The van der Waals surface area contributed by atoms with Crippen molar-refractivity contribution in [2.75, 3.05) is 6.61 Å². The average Bonchev–Trinajstić information content (AvgIpc) is 1.97. The van der Waals surface area contributed by atoms with Crippen LogP contribution in [-0.2, 0) is 4.74 Å². The van der Waals surface area contributed by atoms with E-state index in [9.17, 15) is 4.79 Å². The van der Waals surface area contributed by atoms with Gasteiger partial charge in [-0.1, -0.05) is 12.8 Å². The number of rotatable bonds is 3. The molecule has 1 atom stereocenters. The Morgan fingerprint density at radius 3 is 2.73 bits per heavy atom. The third kappa shape index (κ3) is 5.28. The largest absolute Gasteiger partial charge is 0.448 e. The second kappa shape index (κ2) is 5.60. The van der Waals surface area contributed by atoms with Gasteiger partial charge in [0.25, 0.3) is 0 Å². The summed E-state index contributed by atoms with van der Waals surface area (Å²) < 4.78 is 4.58. The van der Waals surface area contributed by atoms with Gasteiger partial charge in [0.2, 0.25) is 0 Å². The number of carbonyl (C=O) groups is 1. The van der Waals surface area contributed by atoms with Gasteiger partial charge >= 0.3 is 6.09 Å². The van der Waals surface area contributed by atoms with Gasteiger partial charge in [0, 0.05) is 0 Å². The van der Waals surface area contributed by atoms with Gasteiger partial charge in [0.15, 0.2) is 0 Å². The average molecular weight is 155 g/mol. The summed E-state index contributed by atoms with van der Waals surface area (Å²) in [7, 11) is 0. The van der Waals surface area contributed by atoms with Gasteiger partial charge in [0.05, 0.1) is 5.92 Å². The summed E-state index contributed by atoms with van der Waals surface area (Å²) in [5.74, 6) is 5.78. The van der Waals surface area contributed by atoms with Crippen molar-refractivity contribution in [3.05, 3.63) is 0 Å². The number of ether oxygens (including phenoxy) is 1. The highest BCUT2D eigenvalue weighted by Gasteiger charge is 2.03. The zero-order chi connectivity index (χ0) is 8.69. The van der Waals surface area contributed by atoms with Crippen LogP contribution in [0.5, 0.6) is 0 Å². The molecule has 2 N–H and O–H groups in total. The van der Waals surface area contributed by atoms with Crippen molar-refractivity contribution in [1.29, 1.82) is 0 Å². The Hall–Kier alpha value is -1.17. The van der Waals surface area contributed by atoms with E-state index in [-0.39, 0.29) is 5.92 Å². The fourth-order valence-electron chi connectivity index (χ4n) is 0.648. The Balaban J connectivity index is 3.66. The van der Waals surface area contributed by atoms with Crippen LogP contribution in [-0.4, -0.2) is 12.7 Å². The minimum Gasteiger partial charge on any atom is -0.448 e. The molecule has 0 heterocycles. The van der Waals surface area contributed by atoms with Crippen molar-refractivity contribution in [2.45, 2.75) is 20.3 Å². The van der Waals surface area contributed by atoms with Crippen molar-refractivity contribution in [3.8, 4) is 11.8 Å². The van der Waals surface area contributed by atoms with Crippen LogP contribution in [0.4, 0.5) is 4.79 Å². The summed E-state index contributed by atoms with van der Waals surface area (Å²) in [4.78, 5) is 10.2. The van der Waals surface area contributed by atoms with Crippen LogP contribution in [0.2, 0.25) is 0 Å². The molecule has 0 radical (unpaired) electrons. The Labute approximate surface area is 66.9 Å². The molecule has 0 fully saturated rings. The molecule has 0 aliphatic heterocycles. The zero-order valence-electron chi connectivity index (χ0n) is 6.89. The van der Waals surface area contributed by atoms with Crippen LogP contribution in [0.1, 0.15) is 20.3 Å². The van der Waals surface area contributed by atoms with Gasteiger partial charge in [-0.05, 0) is 13.3 Å². The quantitative estimate of drug-likeness (QED) is 0.621. The molecule has 1 unspecified atom stereocenters. The van der Waals surface area contributed by atoms with E-state index in [1.165, 1.54) is 0 Å². The number of hydrogen-bond donors (Lipinski definition) is 1. The molecule has 11 heavy (non-hydrogen) atoms. The van der Waals surface area contributed by atoms with Crippen molar-refractivity contribution >= 4 is 6.09 Å². The molecule has 0 saturated heterocycles. The normalized spacial score (nSPS) is 11.1. The van der Waals surface area contributed by atoms with Crippen LogP contribution < -0.4 is 5.73 Å². The molecule has 0 spiro atoms. The molecule has 62 valence electrons. The van der Waals surface area contributed by atoms with Crippen LogP contribution >= 0.6 is 0 Å². The standard InChI is InChI=1S/C8H13NO2/c1-3-5-7(4-2)6-11-8(9)10/h7H,4,6H2,1-2H3,(H2,9,10). The second-order valence-corrected chi connectivity index (χ2v) is 2.13. The number of nitrogens with two attached hydrogens (primary N) is 1. The number of hydrogen-bond acceptors (Lipinski definition) is 2. The highest BCUT2D eigenvalue weighted by molar-refractivity contribution is 5.64. The van der Waals surface area contributed by atoms with Gasteiger partial charge in [0.1, 0.15) is 6.61 Å². The van der Waals surface area contributed by atoms with E-state index in [0.29, 0.717) is 6.61 Å². The first-order valence-corrected chi connectivity index (χ1v) is 3.55. The van der Waals surface area contributed by atoms with Crippen molar-refractivity contribution in [3.63, 3.8) is 0 Å². The number of primary amides is 1. The predicted octanol–water partition coefficient (Wildman–Crippen LogP) is 1.13. The highest BCUT2D eigenvalue weighted by Crippen LogP contribution is 2.00. The third-order valence-corrected chi connectivity index (χ3v) is 1.27. The van der Waals surface area contributed by atoms with Gasteiger partial charge in [-0.15, -0.1) is 5.92 Å². The maximum Gasteiger partial charge on any atom is 0.404 e. The fraction of sp³-hybridized carbons (Fsp3) is 0.625. The zero-order valence-corrected chi connectivity index (χ0v) is 6.89. The van der Waals surface area contributed by atoms with E-state index < -0.39 is 6.09 Å². The van der Waals surface area contributed by atoms with E-state index in [4.69, 9.17) is 5.73 Å². The summed E-state index contributed by atoms with van der Waals surface area (Å²) >= 11 is 0. The molecule has 0 rings (SSSR count). The van der Waals surface area contributed by atoms with Gasteiger partial charge in [-0.25, -0.2) is 4.79 Å². The minimum absolute atomic E-state index is 0.118. The molecule has 3 heteroatoms. The molecule has 0 aromatic carbocycles. The van der Waals surface area contributed by atoms with Crippen molar-refractivity contribution in [1.82, 2.24) is 0 Å². The molecule has 0 bridgehead atoms. The smallest absolute Gasteiger partial charge is 0.404 e. The monoisotopic (exact) mass is 155 g/mol. The van der Waals surface area contributed by atoms with Gasteiger partial charge in [-0.2, -0.15) is 0 Å². The van der Waals surface area contributed by atoms with Crippen molar-refractivity contribution < 1.29 is 9.53 Å². The molecule has 1 amide bonds. The number of amides is 1. The van der Waals surface area contributed by atoms with Gasteiger partial charge in [-0.3, -0.25) is 0 Å². The lowest BCUT2D eigenvalue weighted by Gasteiger charge is -2.05. The van der Waals surface area contributed by atoms with Crippen LogP contribution in [0.25, 0.3) is 0 Å².